The van der Waals surface area contributed by atoms with E-state index in [0.717, 1.165) is 17.4 Å². The van der Waals surface area contributed by atoms with Gasteiger partial charge in [-0.3, -0.25) is 9.63 Å². The molecule has 1 saturated carbocycles. The van der Waals surface area contributed by atoms with Crippen molar-refractivity contribution in [3.8, 4) is 5.75 Å². The average Bonchev–Trinajstić information content (AvgIpc) is 3.38. The molecular formula is C32H53BN2O7. The molecule has 2 aliphatic heterocycles. The van der Waals surface area contributed by atoms with Crippen molar-refractivity contribution in [3.63, 3.8) is 0 Å². The smallest absolute Gasteiger partial charge is 0.497 e. The van der Waals surface area contributed by atoms with Gasteiger partial charge in [0.1, 0.15) is 17.9 Å². The van der Waals surface area contributed by atoms with Crippen LogP contribution >= 0.6 is 0 Å². The summed E-state index contributed by atoms with van der Waals surface area (Å²) in [7, 11) is 0.978. The normalized spacial score (nSPS) is 34.8. The third kappa shape index (κ3) is 5.87. The molecule has 1 amide bonds. The van der Waals surface area contributed by atoms with Gasteiger partial charge in [0.2, 0.25) is 5.91 Å². The Kier molecular flexibility index (Phi) is 9.50. The fourth-order valence-electron chi connectivity index (χ4n) is 7.01. The van der Waals surface area contributed by atoms with E-state index in [2.05, 4.69) is 39.9 Å². The number of hydrogen-bond acceptors (Lipinski definition) is 8. The Morgan fingerprint density at radius 3 is 2.31 bits per heavy atom. The molecule has 3 aliphatic rings. The molecule has 2 saturated heterocycles. The number of nitrogens with zero attached hydrogens (tertiary/aromatic N) is 1. The number of amides is 1. The van der Waals surface area contributed by atoms with Gasteiger partial charge in [-0.2, -0.15) is 5.06 Å². The topological polar surface area (TPSA) is 110 Å². The minimum atomic E-state index is -0.874. The van der Waals surface area contributed by atoms with Crippen LogP contribution in [0.4, 0.5) is 0 Å². The molecule has 4 rings (SSSR count). The molecule has 236 valence electrons. The van der Waals surface area contributed by atoms with E-state index in [1.807, 2.05) is 45.9 Å². The Labute approximate surface area is 252 Å². The second kappa shape index (κ2) is 12.0. The number of nitrogens with one attached hydrogen (secondary N) is 1. The zero-order chi connectivity index (χ0) is 31.4. The molecule has 0 spiro atoms. The molecule has 2 heterocycles. The lowest BCUT2D eigenvalue weighted by Gasteiger charge is -2.50. The maximum absolute atomic E-state index is 14.1. The Morgan fingerprint density at radius 1 is 1.14 bits per heavy atom. The van der Waals surface area contributed by atoms with Gasteiger partial charge in [-0.1, -0.05) is 52.8 Å². The summed E-state index contributed by atoms with van der Waals surface area (Å²) in [6.45, 7) is 20.9. The van der Waals surface area contributed by atoms with Crippen LogP contribution in [-0.4, -0.2) is 77.5 Å². The van der Waals surface area contributed by atoms with Crippen molar-refractivity contribution < 1.29 is 33.9 Å². The number of aliphatic hydroxyl groups excluding tert-OH is 2. The molecular weight excluding hydrogens is 535 g/mol. The summed E-state index contributed by atoms with van der Waals surface area (Å²) in [6.07, 6.45) is -0.718. The molecule has 0 unspecified atom stereocenters. The molecule has 10 heteroatoms. The van der Waals surface area contributed by atoms with Crippen LogP contribution in [0.2, 0.25) is 0 Å². The van der Waals surface area contributed by atoms with E-state index >= 15 is 0 Å². The highest BCUT2D eigenvalue weighted by atomic mass is 16.7. The first kappa shape index (κ1) is 33.2. The van der Waals surface area contributed by atoms with Gasteiger partial charge < -0.3 is 29.6 Å². The molecule has 0 bridgehead atoms. The number of carbonyl (C=O) groups excluding carboxylic acids is 1. The summed E-state index contributed by atoms with van der Waals surface area (Å²) in [5, 5.41) is 25.9. The Hall–Kier alpha value is -1.69. The first-order chi connectivity index (χ1) is 19.5. The van der Waals surface area contributed by atoms with Gasteiger partial charge in [0, 0.05) is 23.0 Å². The second-order valence-corrected chi connectivity index (χ2v) is 14.5. The van der Waals surface area contributed by atoms with E-state index in [1.54, 1.807) is 19.1 Å². The van der Waals surface area contributed by atoms with Gasteiger partial charge in [0.25, 0.3) is 0 Å². The van der Waals surface area contributed by atoms with Crippen LogP contribution in [0, 0.1) is 29.1 Å². The standard InChI is InChI=1S/C32H53BN2O7/c1-18-15-24(19(2)20(3)30(18,5)6)34-29(38)27-26(21(4)37)25(17-36)40-35(27)16-22-13-12-14-23(28(22)39-11)33-41-31(7,8)32(9,10)42-33/h12-14,18-21,24-27,36-37H,15-17H2,1-11H3,(H,34,38)/t18-,19+,20+,21+,24+,25+,26-,27+/m1/s1. The minimum Gasteiger partial charge on any atom is -0.497 e. The summed E-state index contributed by atoms with van der Waals surface area (Å²) in [5.41, 5.74) is 0.673. The minimum absolute atomic E-state index is 0.00133. The van der Waals surface area contributed by atoms with Crippen molar-refractivity contribution >= 4 is 18.5 Å². The SMILES string of the molecule is COc1c(CN2O[C@@H](CO)[C@@H]([C@H](C)O)[C@H]2C(=O)N[C@H]2C[C@@H](C)C(C)(C)[C@@H](C)[C@@H]2C)cccc1B1OC(C)(C)C(C)(C)O1. The fourth-order valence-corrected chi connectivity index (χ4v) is 7.01. The Balaban J connectivity index is 1.63. The number of benzene rings is 1. The molecule has 9 nitrogen and oxygen atoms in total. The number of para-hydroxylation sites is 1. The number of aliphatic hydroxyl groups is 2. The van der Waals surface area contributed by atoms with Crippen molar-refractivity contribution in [3.05, 3.63) is 23.8 Å². The van der Waals surface area contributed by atoms with Crippen LogP contribution in [0.3, 0.4) is 0 Å². The van der Waals surface area contributed by atoms with E-state index < -0.39 is 42.5 Å². The molecule has 0 radical (unpaired) electrons. The first-order valence-corrected chi connectivity index (χ1v) is 15.5. The lowest BCUT2D eigenvalue weighted by Crippen LogP contribution is -2.56. The summed E-state index contributed by atoms with van der Waals surface area (Å²) >= 11 is 0. The molecule has 1 aliphatic carbocycles. The van der Waals surface area contributed by atoms with Crippen LogP contribution < -0.4 is 15.5 Å². The van der Waals surface area contributed by atoms with Crippen LogP contribution in [0.1, 0.15) is 81.2 Å². The van der Waals surface area contributed by atoms with Crippen LogP contribution in [0.15, 0.2) is 18.2 Å². The van der Waals surface area contributed by atoms with Crippen molar-refractivity contribution in [1.29, 1.82) is 0 Å². The summed E-state index contributed by atoms with van der Waals surface area (Å²) in [6, 6.07) is 4.95. The molecule has 1 aromatic carbocycles. The molecule has 3 N–H and O–H groups in total. The molecule has 1 aromatic rings. The van der Waals surface area contributed by atoms with Crippen molar-refractivity contribution in [2.75, 3.05) is 13.7 Å². The predicted molar refractivity (Wildman–Crippen MR) is 163 cm³/mol. The van der Waals surface area contributed by atoms with Crippen LogP contribution in [0.5, 0.6) is 5.75 Å². The number of carbonyl (C=O) groups is 1. The summed E-state index contributed by atoms with van der Waals surface area (Å²) < 4.78 is 18.5. The molecule has 42 heavy (non-hydrogen) atoms. The van der Waals surface area contributed by atoms with E-state index in [9.17, 15) is 15.0 Å². The first-order valence-electron chi connectivity index (χ1n) is 15.5. The fraction of sp³-hybridized carbons (Fsp3) is 0.781. The highest BCUT2D eigenvalue weighted by Crippen LogP contribution is 2.47. The average molecular weight is 589 g/mol. The lowest BCUT2D eigenvalue weighted by atomic mass is 9.58. The zero-order valence-corrected chi connectivity index (χ0v) is 27.4. The highest BCUT2D eigenvalue weighted by molar-refractivity contribution is 6.63. The number of methoxy groups -OCH3 is 1. The number of rotatable bonds is 8. The third-order valence-electron chi connectivity index (χ3n) is 11.3. The second-order valence-electron chi connectivity index (χ2n) is 14.5. The van der Waals surface area contributed by atoms with Crippen molar-refractivity contribution in [2.24, 2.45) is 29.1 Å². The molecule has 8 atom stereocenters. The molecule has 3 fully saturated rings. The monoisotopic (exact) mass is 588 g/mol. The Bertz CT molecular complexity index is 1110. The summed E-state index contributed by atoms with van der Waals surface area (Å²) in [4.78, 5) is 20.3. The quantitative estimate of drug-likeness (QED) is 0.397. The van der Waals surface area contributed by atoms with Crippen LogP contribution in [0.25, 0.3) is 0 Å². The van der Waals surface area contributed by atoms with Crippen LogP contribution in [-0.2, 0) is 25.5 Å². The number of hydrogen-bond donors (Lipinski definition) is 3. The Morgan fingerprint density at radius 2 is 1.76 bits per heavy atom. The largest absolute Gasteiger partial charge is 0.498 e. The highest BCUT2D eigenvalue weighted by Gasteiger charge is 2.54. The van der Waals surface area contributed by atoms with E-state index in [0.29, 0.717) is 17.6 Å². The van der Waals surface area contributed by atoms with Gasteiger partial charge in [0.15, 0.2) is 0 Å². The van der Waals surface area contributed by atoms with Gasteiger partial charge in [-0.05, 0) is 64.2 Å². The van der Waals surface area contributed by atoms with E-state index in [1.165, 1.54) is 0 Å². The van der Waals surface area contributed by atoms with Gasteiger partial charge in [-0.15, -0.1) is 0 Å². The summed E-state index contributed by atoms with van der Waals surface area (Å²) in [5.74, 6) is 0.912. The maximum atomic E-state index is 14.1. The number of hydroxylamine groups is 2. The number of ether oxygens (including phenoxy) is 1. The third-order valence-corrected chi connectivity index (χ3v) is 11.3. The van der Waals surface area contributed by atoms with Crippen molar-refractivity contribution in [1.82, 2.24) is 10.4 Å². The lowest BCUT2D eigenvalue weighted by molar-refractivity contribution is -0.182. The zero-order valence-electron chi connectivity index (χ0n) is 27.4. The van der Waals surface area contributed by atoms with Gasteiger partial charge >= 0.3 is 7.12 Å². The van der Waals surface area contributed by atoms with Gasteiger partial charge in [-0.25, -0.2) is 0 Å². The van der Waals surface area contributed by atoms with Crippen molar-refractivity contribution in [2.45, 2.75) is 118 Å². The van der Waals surface area contributed by atoms with Gasteiger partial charge in [0.05, 0.1) is 37.6 Å². The predicted octanol–water partition coefficient (Wildman–Crippen LogP) is 3.29. The molecule has 0 aromatic heterocycles. The van der Waals surface area contributed by atoms with E-state index in [-0.39, 0.29) is 36.4 Å². The maximum Gasteiger partial charge on any atom is 0.498 e. The van der Waals surface area contributed by atoms with E-state index in [4.69, 9.17) is 18.9 Å².